The molecule has 1 unspecified atom stereocenters. The fourth-order valence-corrected chi connectivity index (χ4v) is 3.02. The number of rotatable bonds is 7. The van der Waals surface area contributed by atoms with Crippen molar-refractivity contribution in [3.8, 4) is 0 Å². The van der Waals surface area contributed by atoms with Crippen LogP contribution >= 0.6 is 27.7 Å². The molecule has 0 radical (unpaired) electrons. The van der Waals surface area contributed by atoms with E-state index in [-0.39, 0.29) is 5.97 Å². The number of esters is 1. The topological polar surface area (TPSA) is 52.3 Å². The lowest BCUT2D eigenvalue weighted by atomic mass is 10.2. The molecule has 0 aliphatic carbocycles. The SMILES string of the molecule is CCOC(=O)C(N)CCSCc1ccccc1Br. The summed E-state index contributed by atoms with van der Waals surface area (Å²) >= 11 is 5.28. The molecule has 0 aliphatic heterocycles. The molecule has 3 nitrogen and oxygen atoms in total. The van der Waals surface area contributed by atoms with Crippen LogP contribution in [-0.2, 0) is 15.3 Å². The fourth-order valence-electron chi connectivity index (χ4n) is 1.38. The molecule has 0 amide bonds. The molecule has 0 fully saturated rings. The number of nitrogens with two attached hydrogens (primary N) is 1. The zero-order valence-corrected chi connectivity index (χ0v) is 12.8. The molecule has 0 bridgehead atoms. The van der Waals surface area contributed by atoms with Gasteiger partial charge in [-0.1, -0.05) is 34.1 Å². The summed E-state index contributed by atoms with van der Waals surface area (Å²) in [6.07, 6.45) is 0.647. The van der Waals surface area contributed by atoms with Crippen LogP contribution in [0.1, 0.15) is 18.9 Å². The molecule has 1 aromatic carbocycles. The second kappa shape index (κ2) is 8.56. The Morgan fingerprint density at radius 3 is 2.89 bits per heavy atom. The van der Waals surface area contributed by atoms with Crippen molar-refractivity contribution in [2.75, 3.05) is 12.4 Å². The van der Waals surface area contributed by atoms with E-state index in [1.54, 1.807) is 18.7 Å². The van der Waals surface area contributed by atoms with Crippen LogP contribution in [0.2, 0.25) is 0 Å². The van der Waals surface area contributed by atoms with Crippen LogP contribution in [-0.4, -0.2) is 24.4 Å². The number of halogens is 1. The summed E-state index contributed by atoms with van der Waals surface area (Å²) in [5.74, 6) is 1.46. The van der Waals surface area contributed by atoms with E-state index in [0.717, 1.165) is 16.0 Å². The first kappa shape index (κ1) is 15.5. The van der Waals surface area contributed by atoms with E-state index in [2.05, 4.69) is 22.0 Å². The predicted molar refractivity (Wildman–Crippen MR) is 79.5 cm³/mol. The summed E-state index contributed by atoms with van der Waals surface area (Å²) in [6, 6.07) is 7.62. The van der Waals surface area contributed by atoms with E-state index in [0.29, 0.717) is 13.0 Å². The van der Waals surface area contributed by atoms with Crippen LogP contribution in [0, 0.1) is 0 Å². The number of hydrogen-bond acceptors (Lipinski definition) is 4. The van der Waals surface area contributed by atoms with Crippen molar-refractivity contribution < 1.29 is 9.53 Å². The molecule has 1 atom stereocenters. The maximum atomic E-state index is 11.3. The zero-order valence-electron chi connectivity index (χ0n) is 10.4. The Morgan fingerprint density at radius 2 is 2.22 bits per heavy atom. The molecule has 100 valence electrons. The lowest BCUT2D eigenvalue weighted by Gasteiger charge is -2.10. The standard InChI is InChI=1S/C13H18BrNO2S/c1-2-17-13(16)12(15)7-8-18-9-10-5-3-4-6-11(10)14/h3-6,12H,2,7-9,15H2,1H3. The Bertz CT molecular complexity index is 387. The molecular formula is C13H18BrNO2S. The highest BCUT2D eigenvalue weighted by Gasteiger charge is 2.13. The normalized spacial score (nSPS) is 12.2. The highest BCUT2D eigenvalue weighted by molar-refractivity contribution is 9.10. The Morgan fingerprint density at radius 1 is 1.50 bits per heavy atom. The van der Waals surface area contributed by atoms with Crippen molar-refractivity contribution in [2.24, 2.45) is 5.73 Å². The average molecular weight is 332 g/mol. The minimum absolute atomic E-state index is 0.306. The lowest BCUT2D eigenvalue weighted by Crippen LogP contribution is -2.32. The smallest absolute Gasteiger partial charge is 0.322 e. The maximum Gasteiger partial charge on any atom is 0.322 e. The van der Waals surface area contributed by atoms with Gasteiger partial charge in [-0.3, -0.25) is 4.79 Å². The lowest BCUT2D eigenvalue weighted by molar-refractivity contribution is -0.144. The third-order valence-electron chi connectivity index (χ3n) is 2.38. The molecule has 0 aromatic heterocycles. The van der Waals surface area contributed by atoms with Gasteiger partial charge in [0.25, 0.3) is 0 Å². The van der Waals surface area contributed by atoms with Gasteiger partial charge in [0.2, 0.25) is 0 Å². The maximum absolute atomic E-state index is 11.3. The average Bonchev–Trinajstić information content (AvgIpc) is 2.36. The number of carbonyl (C=O) groups is 1. The second-order valence-corrected chi connectivity index (χ2v) is 5.75. The Kier molecular flexibility index (Phi) is 7.39. The molecule has 0 saturated heterocycles. The number of hydrogen-bond donors (Lipinski definition) is 1. The van der Waals surface area contributed by atoms with Crippen LogP contribution in [0.5, 0.6) is 0 Å². The second-order valence-electron chi connectivity index (χ2n) is 3.79. The van der Waals surface area contributed by atoms with Crippen molar-refractivity contribution in [2.45, 2.75) is 25.1 Å². The van der Waals surface area contributed by atoms with Gasteiger partial charge in [0.05, 0.1) is 6.61 Å². The van der Waals surface area contributed by atoms with E-state index in [1.807, 2.05) is 18.2 Å². The van der Waals surface area contributed by atoms with Gasteiger partial charge < -0.3 is 10.5 Å². The third kappa shape index (κ3) is 5.42. The minimum atomic E-state index is -0.503. The Balaban J connectivity index is 2.23. The molecule has 5 heteroatoms. The van der Waals surface area contributed by atoms with E-state index in [1.165, 1.54) is 5.56 Å². The molecule has 0 heterocycles. The summed E-state index contributed by atoms with van der Waals surface area (Å²) in [6.45, 7) is 2.17. The van der Waals surface area contributed by atoms with Gasteiger partial charge >= 0.3 is 5.97 Å². The summed E-state index contributed by atoms with van der Waals surface area (Å²) in [7, 11) is 0. The van der Waals surface area contributed by atoms with Crippen LogP contribution in [0.25, 0.3) is 0 Å². The molecule has 1 rings (SSSR count). The molecule has 1 aromatic rings. The number of carbonyl (C=O) groups excluding carboxylic acids is 1. The van der Waals surface area contributed by atoms with Gasteiger partial charge in [0.1, 0.15) is 6.04 Å². The highest BCUT2D eigenvalue weighted by Crippen LogP contribution is 2.21. The van der Waals surface area contributed by atoms with Crippen LogP contribution in [0.15, 0.2) is 28.7 Å². The largest absolute Gasteiger partial charge is 0.465 e. The first-order valence-corrected chi connectivity index (χ1v) is 7.83. The van der Waals surface area contributed by atoms with Gasteiger partial charge in [-0.2, -0.15) is 11.8 Å². The van der Waals surface area contributed by atoms with Gasteiger partial charge in [-0.05, 0) is 30.7 Å². The van der Waals surface area contributed by atoms with Crippen molar-refractivity contribution in [3.63, 3.8) is 0 Å². The van der Waals surface area contributed by atoms with E-state index >= 15 is 0 Å². The van der Waals surface area contributed by atoms with Crippen molar-refractivity contribution in [3.05, 3.63) is 34.3 Å². The Labute approximate surface area is 121 Å². The quantitative estimate of drug-likeness (QED) is 0.616. The van der Waals surface area contributed by atoms with E-state index in [4.69, 9.17) is 10.5 Å². The molecule has 2 N–H and O–H groups in total. The van der Waals surface area contributed by atoms with E-state index in [9.17, 15) is 4.79 Å². The first-order chi connectivity index (χ1) is 8.65. The van der Waals surface area contributed by atoms with Crippen molar-refractivity contribution in [1.82, 2.24) is 0 Å². The first-order valence-electron chi connectivity index (χ1n) is 5.88. The van der Waals surface area contributed by atoms with Gasteiger partial charge in [-0.15, -0.1) is 0 Å². The monoisotopic (exact) mass is 331 g/mol. The van der Waals surface area contributed by atoms with Gasteiger partial charge in [-0.25, -0.2) is 0 Å². The Hall–Kier alpha value is -0.520. The number of thioether (sulfide) groups is 1. The molecule has 18 heavy (non-hydrogen) atoms. The van der Waals surface area contributed by atoms with Crippen molar-refractivity contribution in [1.29, 1.82) is 0 Å². The molecule has 0 spiro atoms. The number of benzene rings is 1. The van der Waals surface area contributed by atoms with Crippen LogP contribution in [0.3, 0.4) is 0 Å². The van der Waals surface area contributed by atoms with Gasteiger partial charge in [0.15, 0.2) is 0 Å². The predicted octanol–water partition coefficient (Wildman–Crippen LogP) is 2.96. The number of ether oxygens (including phenoxy) is 1. The summed E-state index contributed by atoms with van der Waals surface area (Å²) in [5.41, 5.74) is 6.97. The fraction of sp³-hybridized carbons (Fsp3) is 0.462. The minimum Gasteiger partial charge on any atom is -0.465 e. The van der Waals surface area contributed by atoms with Crippen molar-refractivity contribution >= 4 is 33.7 Å². The van der Waals surface area contributed by atoms with Gasteiger partial charge in [0, 0.05) is 10.2 Å². The van der Waals surface area contributed by atoms with E-state index < -0.39 is 6.04 Å². The summed E-state index contributed by atoms with van der Waals surface area (Å²) < 4.78 is 5.98. The van der Waals surface area contributed by atoms with Crippen LogP contribution < -0.4 is 5.73 Å². The summed E-state index contributed by atoms with van der Waals surface area (Å²) in [4.78, 5) is 11.3. The third-order valence-corrected chi connectivity index (χ3v) is 4.19. The highest BCUT2D eigenvalue weighted by atomic mass is 79.9. The molecule has 0 aliphatic rings. The van der Waals surface area contributed by atoms with Crippen LogP contribution in [0.4, 0.5) is 0 Å². The molecular weight excluding hydrogens is 314 g/mol. The summed E-state index contributed by atoms with van der Waals surface area (Å²) in [5, 5.41) is 0. The molecule has 0 saturated carbocycles. The zero-order chi connectivity index (χ0) is 13.4.